The molecule has 0 bridgehead atoms. The van der Waals surface area contributed by atoms with Gasteiger partial charge in [0.15, 0.2) is 18.1 Å². The summed E-state index contributed by atoms with van der Waals surface area (Å²) in [6, 6.07) is 12.6. The van der Waals surface area contributed by atoms with Gasteiger partial charge in [0, 0.05) is 11.6 Å². The van der Waals surface area contributed by atoms with Crippen LogP contribution in [0.15, 0.2) is 47.6 Å². The Balaban J connectivity index is 1.98. The second-order valence-electron chi connectivity index (χ2n) is 5.47. The number of rotatable bonds is 9. The average molecular weight is 372 g/mol. The third kappa shape index (κ3) is 5.64. The highest BCUT2D eigenvalue weighted by Gasteiger charge is 2.10. The molecule has 0 saturated heterocycles. The van der Waals surface area contributed by atoms with Gasteiger partial charge in [0.2, 0.25) is 0 Å². The molecule has 0 aromatic heterocycles. The van der Waals surface area contributed by atoms with Gasteiger partial charge in [-0.05, 0) is 38.1 Å². The minimum atomic E-state index is -0.381. The van der Waals surface area contributed by atoms with Crippen molar-refractivity contribution in [2.75, 3.05) is 27.4 Å². The van der Waals surface area contributed by atoms with Crippen LogP contribution in [0.25, 0.3) is 0 Å². The van der Waals surface area contributed by atoms with E-state index in [0.717, 1.165) is 5.56 Å². The summed E-state index contributed by atoms with van der Waals surface area (Å²) in [5.41, 5.74) is 3.83. The van der Waals surface area contributed by atoms with Crippen molar-refractivity contribution >= 4 is 11.6 Å². The standard InChI is InChI=1S/C20H24N2O5/c1-5-26-17-8-6-7-9-18(17)27-13-20(23)22-21-14(2)16-11-10-15(24-3)12-19(16)25-4/h6-12H,5,13H2,1-4H3,(H,22,23)/b21-14+. The van der Waals surface area contributed by atoms with Crippen LogP contribution in [-0.2, 0) is 4.79 Å². The van der Waals surface area contributed by atoms with Crippen molar-refractivity contribution in [3.63, 3.8) is 0 Å². The first kappa shape index (κ1) is 20.1. The zero-order valence-corrected chi connectivity index (χ0v) is 15.9. The number of ether oxygens (including phenoxy) is 4. The summed E-state index contributed by atoms with van der Waals surface area (Å²) in [4.78, 5) is 12.0. The molecule has 0 saturated carbocycles. The zero-order chi connectivity index (χ0) is 19.6. The zero-order valence-electron chi connectivity index (χ0n) is 15.9. The summed E-state index contributed by atoms with van der Waals surface area (Å²) in [5.74, 6) is 2.00. The van der Waals surface area contributed by atoms with Crippen molar-refractivity contribution in [1.29, 1.82) is 0 Å². The molecule has 27 heavy (non-hydrogen) atoms. The lowest BCUT2D eigenvalue weighted by atomic mass is 10.1. The van der Waals surface area contributed by atoms with Crippen LogP contribution in [0.1, 0.15) is 19.4 Å². The quantitative estimate of drug-likeness (QED) is 0.541. The molecule has 7 heteroatoms. The largest absolute Gasteiger partial charge is 0.497 e. The maximum atomic E-state index is 12.0. The van der Waals surface area contributed by atoms with Gasteiger partial charge in [-0.15, -0.1) is 0 Å². The molecule has 0 atom stereocenters. The van der Waals surface area contributed by atoms with Crippen molar-refractivity contribution in [3.05, 3.63) is 48.0 Å². The highest BCUT2D eigenvalue weighted by atomic mass is 16.5. The van der Waals surface area contributed by atoms with Gasteiger partial charge < -0.3 is 18.9 Å². The molecular weight excluding hydrogens is 348 g/mol. The van der Waals surface area contributed by atoms with Crippen molar-refractivity contribution < 1.29 is 23.7 Å². The molecule has 0 radical (unpaired) electrons. The van der Waals surface area contributed by atoms with Crippen LogP contribution in [0.3, 0.4) is 0 Å². The molecule has 2 rings (SSSR count). The molecule has 0 fully saturated rings. The van der Waals surface area contributed by atoms with E-state index < -0.39 is 0 Å². The summed E-state index contributed by atoms with van der Waals surface area (Å²) in [6.07, 6.45) is 0. The van der Waals surface area contributed by atoms with E-state index in [4.69, 9.17) is 18.9 Å². The molecule has 0 aliphatic rings. The third-order valence-electron chi connectivity index (χ3n) is 3.65. The normalized spacial score (nSPS) is 10.9. The summed E-state index contributed by atoms with van der Waals surface area (Å²) in [5, 5.41) is 4.11. The Kier molecular flexibility index (Phi) is 7.49. The highest BCUT2D eigenvalue weighted by Crippen LogP contribution is 2.26. The predicted molar refractivity (Wildman–Crippen MR) is 103 cm³/mol. The fourth-order valence-electron chi connectivity index (χ4n) is 2.32. The Bertz CT molecular complexity index is 805. The number of carbonyl (C=O) groups excluding carboxylic acids is 1. The van der Waals surface area contributed by atoms with Crippen LogP contribution >= 0.6 is 0 Å². The molecule has 1 N–H and O–H groups in total. The number of para-hydroxylation sites is 2. The van der Waals surface area contributed by atoms with E-state index in [-0.39, 0.29) is 12.5 Å². The summed E-state index contributed by atoms with van der Waals surface area (Å²) in [7, 11) is 3.15. The Labute approximate surface area is 158 Å². The summed E-state index contributed by atoms with van der Waals surface area (Å²) in [6.45, 7) is 3.99. The maximum Gasteiger partial charge on any atom is 0.277 e. The first-order valence-corrected chi connectivity index (χ1v) is 8.49. The summed E-state index contributed by atoms with van der Waals surface area (Å²) < 4.78 is 21.5. The van der Waals surface area contributed by atoms with Gasteiger partial charge in [0.25, 0.3) is 5.91 Å². The van der Waals surface area contributed by atoms with Crippen molar-refractivity contribution in [2.45, 2.75) is 13.8 Å². The smallest absolute Gasteiger partial charge is 0.277 e. The van der Waals surface area contributed by atoms with Crippen molar-refractivity contribution in [1.82, 2.24) is 5.43 Å². The number of hydrogen-bond donors (Lipinski definition) is 1. The Morgan fingerprint density at radius 2 is 1.70 bits per heavy atom. The second-order valence-corrected chi connectivity index (χ2v) is 5.47. The number of amides is 1. The van der Waals surface area contributed by atoms with Crippen LogP contribution in [0.4, 0.5) is 0 Å². The van der Waals surface area contributed by atoms with E-state index in [1.54, 1.807) is 45.4 Å². The topological polar surface area (TPSA) is 78.4 Å². The van der Waals surface area contributed by atoms with Crippen LogP contribution in [0.2, 0.25) is 0 Å². The molecule has 1 amide bonds. The first-order valence-electron chi connectivity index (χ1n) is 8.49. The number of benzene rings is 2. The molecule has 7 nitrogen and oxygen atoms in total. The number of nitrogens with one attached hydrogen (secondary N) is 1. The van der Waals surface area contributed by atoms with Crippen LogP contribution < -0.4 is 24.4 Å². The predicted octanol–water partition coefficient (Wildman–Crippen LogP) is 3.02. The Morgan fingerprint density at radius 1 is 1.00 bits per heavy atom. The molecule has 0 aliphatic carbocycles. The van der Waals surface area contributed by atoms with Gasteiger partial charge in [-0.3, -0.25) is 4.79 Å². The van der Waals surface area contributed by atoms with Gasteiger partial charge in [-0.1, -0.05) is 12.1 Å². The lowest BCUT2D eigenvalue weighted by molar-refractivity contribution is -0.123. The fraction of sp³-hybridized carbons (Fsp3) is 0.300. The maximum absolute atomic E-state index is 12.0. The molecular formula is C20H24N2O5. The Morgan fingerprint density at radius 3 is 2.33 bits per heavy atom. The van der Waals surface area contributed by atoms with Gasteiger partial charge in [-0.25, -0.2) is 5.43 Å². The summed E-state index contributed by atoms with van der Waals surface area (Å²) >= 11 is 0. The molecule has 0 aliphatic heterocycles. The molecule has 0 unspecified atom stereocenters. The third-order valence-corrected chi connectivity index (χ3v) is 3.65. The van der Waals surface area contributed by atoms with Gasteiger partial charge >= 0.3 is 0 Å². The molecule has 2 aromatic carbocycles. The lowest BCUT2D eigenvalue weighted by Crippen LogP contribution is -2.25. The van der Waals surface area contributed by atoms with Crippen molar-refractivity contribution in [3.8, 4) is 23.0 Å². The monoisotopic (exact) mass is 372 g/mol. The molecule has 2 aromatic rings. The van der Waals surface area contributed by atoms with E-state index in [1.165, 1.54) is 0 Å². The Hall–Kier alpha value is -3.22. The van der Waals surface area contributed by atoms with E-state index >= 15 is 0 Å². The molecule has 0 heterocycles. The number of carbonyl (C=O) groups is 1. The van der Waals surface area contributed by atoms with E-state index in [9.17, 15) is 4.79 Å². The van der Waals surface area contributed by atoms with Crippen LogP contribution in [-0.4, -0.2) is 39.1 Å². The van der Waals surface area contributed by atoms with Crippen molar-refractivity contribution in [2.24, 2.45) is 5.10 Å². The SMILES string of the molecule is CCOc1ccccc1OCC(=O)N/N=C(\C)c1ccc(OC)cc1OC. The lowest BCUT2D eigenvalue weighted by Gasteiger charge is -2.11. The second kappa shape index (κ2) is 10.1. The number of hydrogen-bond acceptors (Lipinski definition) is 6. The number of hydrazone groups is 1. The van der Waals surface area contributed by atoms with Gasteiger partial charge in [0.1, 0.15) is 11.5 Å². The van der Waals surface area contributed by atoms with Gasteiger partial charge in [0.05, 0.1) is 26.5 Å². The van der Waals surface area contributed by atoms with E-state index in [2.05, 4.69) is 10.5 Å². The molecule has 144 valence electrons. The molecule has 0 spiro atoms. The minimum absolute atomic E-state index is 0.180. The van der Waals surface area contributed by atoms with Crippen LogP contribution in [0.5, 0.6) is 23.0 Å². The number of methoxy groups -OCH3 is 2. The van der Waals surface area contributed by atoms with Gasteiger partial charge in [-0.2, -0.15) is 5.10 Å². The number of nitrogens with zero attached hydrogens (tertiary/aromatic N) is 1. The highest BCUT2D eigenvalue weighted by molar-refractivity contribution is 6.01. The fourth-order valence-corrected chi connectivity index (χ4v) is 2.32. The minimum Gasteiger partial charge on any atom is -0.497 e. The average Bonchev–Trinajstić information content (AvgIpc) is 2.71. The van der Waals surface area contributed by atoms with E-state index in [0.29, 0.717) is 35.3 Å². The van der Waals surface area contributed by atoms with Crippen LogP contribution in [0, 0.1) is 0 Å². The van der Waals surface area contributed by atoms with E-state index in [1.807, 2.05) is 25.1 Å². The first-order chi connectivity index (χ1) is 13.1.